The maximum absolute atomic E-state index is 12.4. The van der Waals surface area contributed by atoms with Crippen molar-refractivity contribution in [3.8, 4) is 6.07 Å². The molecule has 0 unspecified atom stereocenters. The maximum Gasteiger partial charge on any atom is 0.341 e. The average molecular weight is 470 g/mol. The molecule has 35 heavy (non-hydrogen) atoms. The van der Waals surface area contributed by atoms with Crippen LogP contribution in [0.5, 0.6) is 0 Å². The number of nitriles is 1. The molecule has 0 aliphatic carbocycles. The van der Waals surface area contributed by atoms with E-state index < -0.39 is 5.97 Å². The SMILES string of the molecule is COC(=O)c1cnc(Nc2cnc(C#N)cn2)cc1N[C@@H]1C[C@H]2CC[C@@H](C1)N2Cc1ccccc1. The molecule has 2 aliphatic heterocycles. The number of fused-ring (bicyclic) bond motifs is 2. The number of nitrogens with one attached hydrogen (secondary N) is 2. The first-order chi connectivity index (χ1) is 17.1. The van der Waals surface area contributed by atoms with Gasteiger partial charge in [0.05, 0.1) is 25.2 Å². The Morgan fingerprint density at radius 2 is 1.83 bits per heavy atom. The van der Waals surface area contributed by atoms with Crippen LogP contribution in [0.4, 0.5) is 17.3 Å². The molecule has 0 saturated carbocycles. The fourth-order valence-corrected chi connectivity index (χ4v) is 5.16. The Bertz CT molecular complexity index is 1210. The summed E-state index contributed by atoms with van der Waals surface area (Å²) >= 11 is 0. The summed E-state index contributed by atoms with van der Waals surface area (Å²) in [6, 6.07) is 15.6. The molecule has 2 N–H and O–H groups in total. The van der Waals surface area contributed by atoms with Crippen LogP contribution in [0.2, 0.25) is 0 Å². The second-order valence-electron chi connectivity index (χ2n) is 8.99. The van der Waals surface area contributed by atoms with Crippen LogP contribution in [0, 0.1) is 11.3 Å². The van der Waals surface area contributed by atoms with Crippen molar-refractivity contribution in [1.29, 1.82) is 5.26 Å². The molecule has 9 heteroatoms. The maximum atomic E-state index is 12.4. The average Bonchev–Trinajstić information content (AvgIpc) is 3.11. The van der Waals surface area contributed by atoms with E-state index in [1.54, 1.807) is 6.07 Å². The van der Waals surface area contributed by atoms with Gasteiger partial charge in [-0.15, -0.1) is 0 Å². The van der Waals surface area contributed by atoms with Gasteiger partial charge in [-0.1, -0.05) is 30.3 Å². The van der Waals surface area contributed by atoms with Crippen LogP contribution in [0.15, 0.2) is 55.0 Å². The largest absolute Gasteiger partial charge is 0.465 e. The summed E-state index contributed by atoms with van der Waals surface area (Å²) in [7, 11) is 1.37. The number of methoxy groups -OCH3 is 1. The van der Waals surface area contributed by atoms with Crippen LogP contribution >= 0.6 is 0 Å². The summed E-state index contributed by atoms with van der Waals surface area (Å²) < 4.78 is 4.99. The minimum Gasteiger partial charge on any atom is -0.465 e. The van der Waals surface area contributed by atoms with Crippen molar-refractivity contribution in [2.24, 2.45) is 0 Å². The van der Waals surface area contributed by atoms with E-state index in [0.29, 0.717) is 35.0 Å². The highest BCUT2D eigenvalue weighted by Gasteiger charge is 2.40. The standard InChI is InChI=1S/C26H27N7O2/c1-35-26(34)22-14-30-24(32-25-15-28-19(12-27)13-29-25)11-23(22)31-18-9-20-7-8-21(10-18)33(20)16-17-5-3-2-4-6-17/h2-6,11,13-15,18,20-21H,7-10,16H2,1H3,(H2,29,30,31,32)/t18-,20-,21+. The lowest BCUT2D eigenvalue weighted by Crippen LogP contribution is -2.46. The highest BCUT2D eigenvalue weighted by molar-refractivity contribution is 5.96. The number of anilines is 3. The Balaban J connectivity index is 1.31. The van der Waals surface area contributed by atoms with Gasteiger partial charge in [0.25, 0.3) is 0 Å². The Hall–Kier alpha value is -4.03. The first-order valence-corrected chi connectivity index (χ1v) is 11.8. The van der Waals surface area contributed by atoms with Gasteiger partial charge in [-0.05, 0) is 31.2 Å². The highest BCUT2D eigenvalue weighted by Crippen LogP contribution is 2.38. The number of hydrogen-bond donors (Lipinski definition) is 2. The van der Waals surface area contributed by atoms with Gasteiger partial charge in [0.15, 0.2) is 5.69 Å². The summed E-state index contributed by atoms with van der Waals surface area (Å²) in [5.41, 5.74) is 2.65. The summed E-state index contributed by atoms with van der Waals surface area (Å²) in [6.45, 7) is 0.977. The molecule has 0 spiro atoms. The molecule has 2 fully saturated rings. The number of rotatable bonds is 7. The van der Waals surface area contributed by atoms with Crippen LogP contribution < -0.4 is 10.6 Å². The van der Waals surface area contributed by atoms with Gasteiger partial charge >= 0.3 is 5.97 Å². The summed E-state index contributed by atoms with van der Waals surface area (Å²) in [5, 5.41) is 15.6. The zero-order valence-corrected chi connectivity index (χ0v) is 19.5. The van der Waals surface area contributed by atoms with Crippen molar-refractivity contribution >= 4 is 23.3 Å². The number of benzene rings is 1. The van der Waals surface area contributed by atoms with Crippen LogP contribution in [-0.2, 0) is 11.3 Å². The lowest BCUT2D eigenvalue weighted by Gasteiger charge is -2.39. The van der Waals surface area contributed by atoms with E-state index >= 15 is 0 Å². The molecule has 3 atom stereocenters. The molecule has 1 aromatic carbocycles. The van der Waals surface area contributed by atoms with Crippen LogP contribution in [-0.4, -0.2) is 51.1 Å². The number of ether oxygens (including phenoxy) is 1. The van der Waals surface area contributed by atoms with Gasteiger partial charge in [0.1, 0.15) is 23.3 Å². The zero-order chi connectivity index (χ0) is 24.2. The topological polar surface area (TPSA) is 116 Å². The molecule has 9 nitrogen and oxygen atoms in total. The van der Waals surface area contributed by atoms with Crippen molar-refractivity contribution in [3.05, 3.63) is 71.8 Å². The van der Waals surface area contributed by atoms with Crippen LogP contribution in [0.3, 0.4) is 0 Å². The van der Waals surface area contributed by atoms with Crippen LogP contribution in [0.1, 0.15) is 47.3 Å². The van der Waals surface area contributed by atoms with E-state index in [9.17, 15) is 4.79 Å². The van der Waals surface area contributed by atoms with Crippen molar-refractivity contribution in [3.63, 3.8) is 0 Å². The van der Waals surface area contributed by atoms with E-state index in [2.05, 4.69) is 60.8 Å². The smallest absolute Gasteiger partial charge is 0.341 e. The minimum absolute atomic E-state index is 0.236. The Labute approximate surface area is 204 Å². The highest BCUT2D eigenvalue weighted by atomic mass is 16.5. The molecule has 2 saturated heterocycles. The van der Waals surface area contributed by atoms with E-state index in [4.69, 9.17) is 10.00 Å². The van der Waals surface area contributed by atoms with Crippen molar-refractivity contribution in [1.82, 2.24) is 19.9 Å². The molecule has 5 rings (SSSR count). The predicted octanol–water partition coefficient (Wildman–Crippen LogP) is 3.88. The third-order valence-corrected chi connectivity index (χ3v) is 6.78. The third kappa shape index (κ3) is 5.08. The van der Waals surface area contributed by atoms with E-state index in [1.165, 1.54) is 44.1 Å². The number of piperidine rings is 1. The summed E-state index contributed by atoms with van der Waals surface area (Å²) in [6.07, 6.45) is 8.78. The third-order valence-electron chi connectivity index (χ3n) is 6.78. The Morgan fingerprint density at radius 1 is 1.09 bits per heavy atom. The van der Waals surface area contributed by atoms with E-state index in [-0.39, 0.29) is 11.7 Å². The van der Waals surface area contributed by atoms with Gasteiger partial charge in [-0.2, -0.15) is 5.26 Å². The fourth-order valence-electron chi connectivity index (χ4n) is 5.16. The first-order valence-electron chi connectivity index (χ1n) is 11.8. The number of carbonyl (C=O) groups excluding carboxylic acids is 1. The van der Waals surface area contributed by atoms with E-state index in [1.807, 2.05) is 6.07 Å². The molecule has 2 bridgehead atoms. The van der Waals surface area contributed by atoms with Crippen molar-refractivity contribution in [2.75, 3.05) is 17.7 Å². The zero-order valence-electron chi connectivity index (χ0n) is 19.5. The lowest BCUT2D eigenvalue weighted by atomic mass is 9.96. The number of hydrogen-bond acceptors (Lipinski definition) is 9. The number of pyridine rings is 1. The molecule has 2 aromatic heterocycles. The molecule has 3 aromatic rings. The minimum atomic E-state index is -0.436. The molecule has 0 amide bonds. The number of aromatic nitrogens is 3. The second kappa shape index (κ2) is 10.1. The lowest BCUT2D eigenvalue weighted by molar-refractivity contribution is 0.0601. The molecule has 2 aliphatic rings. The van der Waals surface area contributed by atoms with Crippen molar-refractivity contribution < 1.29 is 9.53 Å². The monoisotopic (exact) mass is 469 g/mol. The Kier molecular flexibility index (Phi) is 6.55. The van der Waals surface area contributed by atoms with Gasteiger partial charge in [0, 0.05) is 36.9 Å². The van der Waals surface area contributed by atoms with E-state index in [0.717, 1.165) is 19.4 Å². The quantitative estimate of drug-likeness (QED) is 0.497. The molecule has 178 valence electrons. The van der Waals surface area contributed by atoms with Crippen molar-refractivity contribution in [2.45, 2.75) is 50.4 Å². The summed E-state index contributed by atoms with van der Waals surface area (Å²) in [4.78, 5) is 27.6. The first kappa shape index (κ1) is 22.7. The molecular formula is C26H27N7O2. The predicted molar refractivity (Wildman–Crippen MR) is 131 cm³/mol. The normalized spacial score (nSPS) is 21.2. The number of nitrogens with zero attached hydrogens (tertiary/aromatic N) is 5. The molecule has 0 radical (unpaired) electrons. The second-order valence-corrected chi connectivity index (χ2v) is 8.99. The molecular weight excluding hydrogens is 442 g/mol. The van der Waals surface area contributed by atoms with Gasteiger partial charge in [-0.25, -0.2) is 19.7 Å². The van der Waals surface area contributed by atoms with Gasteiger partial charge < -0.3 is 15.4 Å². The summed E-state index contributed by atoms with van der Waals surface area (Å²) in [5.74, 6) is 0.540. The van der Waals surface area contributed by atoms with Gasteiger partial charge in [-0.3, -0.25) is 4.90 Å². The molecule has 4 heterocycles. The van der Waals surface area contributed by atoms with Gasteiger partial charge in [0.2, 0.25) is 0 Å². The Morgan fingerprint density at radius 3 is 2.49 bits per heavy atom. The fraction of sp³-hybridized carbons (Fsp3) is 0.346. The number of esters is 1. The van der Waals surface area contributed by atoms with Crippen LogP contribution in [0.25, 0.3) is 0 Å². The number of carbonyl (C=O) groups is 1.